The van der Waals surface area contributed by atoms with Crippen molar-refractivity contribution < 1.29 is 0 Å². The minimum atomic E-state index is -0.360. The molecule has 0 bridgehead atoms. The number of allylic oxidation sites excluding steroid dienone is 2. The minimum absolute atomic E-state index is 0.0331. The third-order valence-corrected chi connectivity index (χ3v) is 6.08. The molecule has 2 aliphatic rings. The van der Waals surface area contributed by atoms with Gasteiger partial charge in [0.25, 0.3) is 0 Å². The molecule has 2 aliphatic heterocycles. The Bertz CT molecular complexity index is 846. The second-order valence-corrected chi connectivity index (χ2v) is 10.2. The van der Waals surface area contributed by atoms with Gasteiger partial charge in [-0.1, -0.05) is 102 Å². The van der Waals surface area contributed by atoms with Crippen LogP contribution < -0.4 is 10.6 Å². The first kappa shape index (κ1) is 18.9. The third kappa shape index (κ3) is 2.70. The maximum atomic E-state index is 3.99. The molecule has 2 aromatic carbocycles. The lowest BCUT2D eigenvalue weighted by atomic mass is 9.71. The Labute approximate surface area is 169 Å². The molecule has 0 aromatic heterocycles. The smallest absolute Gasteiger partial charge is 0.114 e. The summed E-state index contributed by atoms with van der Waals surface area (Å²) in [6.45, 7) is 13.7. The summed E-state index contributed by atoms with van der Waals surface area (Å²) in [6, 6.07) is 21.7. The van der Waals surface area contributed by atoms with Gasteiger partial charge in [0.2, 0.25) is 0 Å². The highest BCUT2D eigenvalue weighted by atomic mass is 15.2. The molecule has 0 spiro atoms. The molecule has 2 nitrogen and oxygen atoms in total. The van der Waals surface area contributed by atoms with Crippen LogP contribution in [0.2, 0.25) is 0 Å². The van der Waals surface area contributed by atoms with Crippen molar-refractivity contribution in [3.05, 3.63) is 95.3 Å². The molecule has 0 saturated heterocycles. The number of benzene rings is 2. The molecule has 0 saturated carbocycles. The van der Waals surface area contributed by atoms with Crippen molar-refractivity contribution >= 4 is 0 Å². The van der Waals surface area contributed by atoms with E-state index in [0.717, 1.165) is 0 Å². The summed E-state index contributed by atoms with van der Waals surface area (Å²) < 4.78 is 0. The van der Waals surface area contributed by atoms with Crippen LogP contribution in [-0.2, 0) is 11.1 Å². The Morgan fingerprint density at radius 3 is 1.14 bits per heavy atom. The van der Waals surface area contributed by atoms with Crippen LogP contribution in [0.4, 0.5) is 0 Å². The number of nitrogens with one attached hydrogen (secondary N) is 2. The number of hydrogen-bond donors (Lipinski definition) is 2. The second kappa shape index (κ2) is 6.01. The van der Waals surface area contributed by atoms with Crippen LogP contribution in [0, 0.1) is 10.8 Å². The molecular weight excluding hydrogens is 340 g/mol. The Morgan fingerprint density at radius 1 is 0.536 bits per heavy atom. The van der Waals surface area contributed by atoms with Crippen LogP contribution in [0.5, 0.6) is 0 Å². The van der Waals surface area contributed by atoms with Gasteiger partial charge in [0, 0.05) is 22.2 Å². The molecular formula is C26H32N2. The van der Waals surface area contributed by atoms with Gasteiger partial charge in [-0.25, -0.2) is 0 Å². The lowest BCUT2D eigenvalue weighted by Crippen LogP contribution is -2.54. The molecule has 28 heavy (non-hydrogen) atoms. The Morgan fingerprint density at radius 2 is 0.857 bits per heavy atom. The molecule has 0 fully saturated rings. The largest absolute Gasteiger partial charge is 0.373 e. The van der Waals surface area contributed by atoms with Crippen LogP contribution in [0.15, 0.2) is 84.2 Å². The Hall–Kier alpha value is -2.48. The van der Waals surface area contributed by atoms with Crippen LogP contribution in [0.25, 0.3) is 0 Å². The maximum absolute atomic E-state index is 3.99. The predicted octanol–water partition coefficient (Wildman–Crippen LogP) is 5.84. The van der Waals surface area contributed by atoms with E-state index in [1.165, 1.54) is 22.5 Å². The van der Waals surface area contributed by atoms with Gasteiger partial charge in [-0.15, -0.1) is 0 Å². The Kier molecular flexibility index (Phi) is 4.05. The van der Waals surface area contributed by atoms with Gasteiger partial charge in [0.15, 0.2) is 0 Å². The fourth-order valence-electron chi connectivity index (χ4n) is 4.40. The van der Waals surface area contributed by atoms with Crippen molar-refractivity contribution in [2.45, 2.75) is 52.6 Å². The molecule has 4 rings (SSSR count). The summed E-state index contributed by atoms with van der Waals surface area (Å²) in [6.07, 6.45) is 4.87. The molecule has 0 radical (unpaired) electrons. The van der Waals surface area contributed by atoms with Gasteiger partial charge < -0.3 is 10.6 Å². The summed E-state index contributed by atoms with van der Waals surface area (Å²) in [5, 5.41) is 7.97. The molecule has 2 atom stereocenters. The topological polar surface area (TPSA) is 24.1 Å². The zero-order chi connectivity index (χ0) is 20.2. The predicted molar refractivity (Wildman–Crippen MR) is 118 cm³/mol. The van der Waals surface area contributed by atoms with Crippen molar-refractivity contribution in [2.75, 3.05) is 0 Å². The molecule has 0 amide bonds. The van der Waals surface area contributed by atoms with E-state index < -0.39 is 0 Å². The monoisotopic (exact) mass is 372 g/mol. The van der Waals surface area contributed by atoms with E-state index in [1.807, 2.05) is 0 Å². The number of rotatable bonds is 2. The molecule has 2 N–H and O–H groups in total. The number of fused-ring (bicyclic) bond motifs is 1. The van der Waals surface area contributed by atoms with Crippen LogP contribution >= 0.6 is 0 Å². The third-order valence-electron chi connectivity index (χ3n) is 6.08. The molecule has 2 heteroatoms. The molecule has 146 valence electrons. The van der Waals surface area contributed by atoms with E-state index in [0.29, 0.717) is 0 Å². The first-order valence-electron chi connectivity index (χ1n) is 10.2. The lowest BCUT2D eigenvalue weighted by molar-refractivity contribution is 0.293. The second-order valence-electron chi connectivity index (χ2n) is 10.2. The quantitative estimate of drug-likeness (QED) is 0.691. The van der Waals surface area contributed by atoms with E-state index in [2.05, 4.69) is 125 Å². The highest BCUT2D eigenvalue weighted by molar-refractivity contribution is 5.56. The first-order valence-corrected chi connectivity index (χ1v) is 10.2. The average Bonchev–Trinajstić information content (AvgIpc) is 3.15. The standard InChI is InChI=1S/C26H32N2/c1-23(2,3)21-17-25(19-13-9-7-10-14-19)26(27-21,20-15-11-8-12-16-20)18-22(28-25)24(4,5)6/h7-18,27-28H,1-6H3/t25-,26-/m1/s1. The maximum Gasteiger partial charge on any atom is 0.114 e. The zero-order valence-electron chi connectivity index (χ0n) is 17.9. The van der Waals surface area contributed by atoms with Gasteiger partial charge in [-0.3, -0.25) is 0 Å². The van der Waals surface area contributed by atoms with Crippen molar-refractivity contribution in [3.8, 4) is 0 Å². The fourth-order valence-corrected chi connectivity index (χ4v) is 4.40. The summed E-state index contributed by atoms with van der Waals surface area (Å²) >= 11 is 0. The van der Waals surface area contributed by atoms with Crippen molar-refractivity contribution in [1.29, 1.82) is 0 Å². The van der Waals surface area contributed by atoms with Crippen molar-refractivity contribution in [2.24, 2.45) is 10.8 Å². The zero-order valence-corrected chi connectivity index (χ0v) is 17.9. The Balaban J connectivity index is 2.02. The van der Waals surface area contributed by atoms with Crippen LogP contribution in [0.3, 0.4) is 0 Å². The van der Waals surface area contributed by atoms with Gasteiger partial charge in [-0.05, 0) is 23.3 Å². The van der Waals surface area contributed by atoms with Gasteiger partial charge in [0.1, 0.15) is 11.1 Å². The lowest BCUT2D eigenvalue weighted by Gasteiger charge is -2.41. The highest BCUT2D eigenvalue weighted by Crippen LogP contribution is 2.55. The molecule has 0 unspecified atom stereocenters. The highest BCUT2D eigenvalue weighted by Gasteiger charge is 2.60. The summed E-state index contributed by atoms with van der Waals surface area (Å²) in [7, 11) is 0. The number of hydrogen-bond acceptors (Lipinski definition) is 2. The van der Waals surface area contributed by atoms with E-state index in [4.69, 9.17) is 0 Å². The first-order chi connectivity index (χ1) is 13.1. The molecule has 0 aliphatic carbocycles. The van der Waals surface area contributed by atoms with Crippen LogP contribution in [-0.4, -0.2) is 0 Å². The van der Waals surface area contributed by atoms with Gasteiger partial charge in [0.05, 0.1) is 0 Å². The van der Waals surface area contributed by atoms with Crippen molar-refractivity contribution in [1.82, 2.24) is 10.6 Å². The summed E-state index contributed by atoms with van der Waals surface area (Å²) in [5.74, 6) is 0. The summed E-state index contributed by atoms with van der Waals surface area (Å²) in [5.41, 5.74) is 4.45. The van der Waals surface area contributed by atoms with Crippen LogP contribution in [0.1, 0.15) is 52.7 Å². The van der Waals surface area contributed by atoms with E-state index in [9.17, 15) is 0 Å². The van der Waals surface area contributed by atoms with Gasteiger partial charge in [-0.2, -0.15) is 0 Å². The summed E-state index contributed by atoms with van der Waals surface area (Å²) in [4.78, 5) is 0. The van der Waals surface area contributed by atoms with E-state index in [1.54, 1.807) is 0 Å². The fraction of sp³-hybridized carbons (Fsp3) is 0.385. The minimum Gasteiger partial charge on any atom is -0.373 e. The van der Waals surface area contributed by atoms with E-state index in [-0.39, 0.29) is 21.9 Å². The normalized spacial score (nSPS) is 26.8. The average molecular weight is 373 g/mol. The molecule has 2 heterocycles. The van der Waals surface area contributed by atoms with Crippen molar-refractivity contribution in [3.63, 3.8) is 0 Å². The van der Waals surface area contributed by atoms with E-state index >= 15 is 0 Å². The van der Waals surface area contributed by atoms with Gasteiger partial charge >= 0.3 is 0 Å². The molecule has 2 aromatic rings. The SMILES string of the molecule is CC(C)(C)C1=C[C@]2(c3ccccc3)NC(C(C)(C)C)=C[C@]2(c2ccccc2)N1.